The molecule has 3 aliphatic rings. The molecule has 0 fully saturated rings. The number of hydrogen-bond donors (Lipinski definition) is 1. The zero-order chi connectivity index (χ0) is 15.5. The largest absolute Gasteiger partial charge is 0.480 e. The smallest absolute Gasteiger partial charge is 0.322 e. The molecule has 0 saturated heterocycles. The molecule has 4 nitrogen and oxygen atoms in total. The van der Waals surface area contributed by atoms with Gasteiger partial charge in [-0.05, 0) is 36.2 Å². The van der Waals surface area contributed by atoms with E-state index in [2.05, 4.69) is 0 Å². The summed E-state index contributed by atoms with van der Waals surface area (Å²) in [6.07, 6.45) is 3.21. The third kappa shape index (κ3) is 1.76. The van der Waals surface area contributed by atoms with E-state index in [0.717, 1.165) is 26.1 Å². The van der Waals surface area contributed by atoms with Gasteiger partial charge in [0.1, 0.15) is 0 Å². The third-order valence-corrected chi connectivity index (χ3v) is 5.44. The van der Waals surface area contributed by atoms with Gasteiger partial charge in [0.25, 0.3) is 0 Å². The SMILES string of the molecule is O=C(O)C1(C(=O)Cl)C=c2sc3ccccc3c3oc=3c2=CC1. The number of carbonyl (C=O) groups excluding carboxylic acids is 1. The lowest BCUT2D eigenvalue weighted by atomic mass is 9.83. The van der Waals surface area contributed by atoms with Crippen LogP contribution in [0.1, 0.15) is 6.42 Å². The molecule has 1 atom stereocenters. The third-order valence-electron chi connectivity index (χ3n) is 3.97. The molecule has 0 spiro atoms. The second-order valence-corrected chi connectivity index (χ2v) is 6.67. The highest BCUT2D eigenvalue weighted by Gasteiger charge is 2.43. The van der Waals surface area contributed by atoms with Gasteiger partial charge >= 0.3 is 5.97 Å². The van der Waals surface area contributed by atoms with Crippen molar-refractivity contribution in [3.8, 4) is 0 Å². The molecule has 0 bridgehead atoms. The number of benzene rings is 1. The Morgan fingerprint density at radius 1 is 1.27 bits per heavy atom. The van der Waals surface area contributed by atoms with E-state index in [4.69, 9.17) is 16.0 Å². The fraction of sp³-hybridized carbons (Fsp3) is 0.125. The average molecular weight is 333 g/mol. The number of rotatable bonds is 2. The Balaban J connectivity index is 2.18. The Hall–Kier alpha value is -2.11. The van der Waals surface area contributed by atoms with Crippen molar-refractivity contribution < 1.29 is 19.1 Å². The van der Waals surface area contributed by atoms with Crippen LogP contribution in [0.4, 0.5) is 0 Å². The first-order valence-corrected chi connectivity index (χ1v) is 7.79. The summed E-state index contributed by atoms with van der Waals surface area (Å²) >= 11 is 7.01. The summed E-state index contributed by atoms with van der Waals surface area (Å²) in [5.41, 5.74) is -0.134. The molecular weight excluding hydrogens is 324 g/mol. The lowest BCUT2D eigenvalue weighted by Crippen LogP contribution is -2.41. The van der Waals surface area contributed by atoms with Crippen LogP contribution in [0, 0.1) is 16.2 Å². The highest BCUT2D eigenvalue weighted by atomic mass is 35.5. The summed E-state index contributed by atoms with van der Waals surface area (Å²) in [6.45, 7) is 0. The molecule has 1 unspecified atom stereocenters. The molecule has 110 valence electrons. The number of fused-ring (bicyclic) bond motifs is 4. The van der Waals surface area contributed by atoms with Crippen molar-refractivity contribution in [2.24, 2.45) is 5.41 Å². The second kappa shape index (κ2) is 4.44. The van der Waals surface area contributed by atoms with E-state index >= 15 is 0 Å². The maximum Gasteiger partial charge on any atom is 0.322 e. The topological polar surface area (TPSA) is 67.5 Å². The van der Waals surface area contributed by atoms with Gasteiger partial charge in [0.15, 0.2) is 16.2 Å². The summed E-state index contributed by atoms with van der Waals surface area (Å²) < 4.78 is 7.24. The Morgan fingerprint density at radius 3 is 2.77 bits per heavy atom. The zero-order valence-corrected chi connectivity index (χ0v) is 12.7. The van der Waals surface area contributed by atoms with E-state index < -0.39 is 16.6 Å². The molecule has 2 aliphatic heterocycles. The zero-order valence-electron chi connectivity index (χ0n) is 11.1. The van der Waals surface area contributed by atoms with Crippen molar-refractivity contribution in [3.05, 3.63) is 44.8 Å². The number of carboxylic acid groups (broad SMARTS) is 1. The quantitative estimate of drug-likeness (QED) is 0.576. The monoisotopic (exact) mass is 332 g/mol. The molecule has 0 aromatic heterocycles. The predicted molar refractivity (Wildman–Crippen MR) is 83.1 cm³/mol. The van der Waals surface area contributed by atoms with E-state index in [9.17, 15) is 14.7 Å². The van der Waals surface area contributed by atoms with Gasteiger partial charge in [-0.2, -0.15) is 0 Å². The molecule has 2 heterocycles. The van der Waals surface area contributed by atoms with Crippen LogP contribution >= 0.6 is 22.9 Å². The van der Waals surface area contributed by atoms with Gasteiger partial charge in [-0.1, -0.05) is 18.2 Å². The summed E-state index contributed by atoms with van der Waals surface area (Å²) in [5.74, 6) is -1.24. The van der Waals surface area contributed by atoms with Crippen LogP contribution in [-0.2, 0) is 9.59 Å². The van der Waals surface area contributed by atoms with E-state index in [1.807, 2.05) is 24.3 Å². The molecule has 4 rings (SSSR count). The highest BCUT2D eigenvalue weighted by molar-refractivity contribution is 7.16. The molecule has 0 radical (unpaired) electrons. The van der Waals surface area contributed by atoms with Crippen molar-refractivity contribution in [1.82, 2.24) is 0 Å². The van der Waals surface area contributed by atoms with Crippen LogP contribution in [-0.4, -0.2) is 16.3 Å². The normalized spacial score (nSPS) is 20.4. The molecule has 0 amide bonds. The van der Waals surface area contributed by atoms with Crippen LogP contribution in [0.15, 0.2) is 28.7 Å². The lowest BCUT2D eigenvalue weighted by Gasteiger charge is -2.21. The molecule has 0 saturated carbocycles. The first-order valence-electron chi connectivity index (χ1n) is 6.59. The number of hydrogen-bond acceptors (Lipinski definition) is 4. The Bertz CT molecular complexity index is 1110. The maximum absolute atomic E-state index is 11.7. The Morgan fingerprint density at radius 2 is 2.05 bits per heavy atom. The Kier molecular flexibility index (Phi) is 2.74. The highest BCUT2D eigenvalue weighted by Crippen LogP contribution is 2.31. The van der Waals surface area contributed by atoms with E-state index in [1.165, 1.54) is 17.4 Å². The van der Waals surface area contributed by atoms with E-state index in [1.54, 1.807) is 6.08 Å². The van der Waals surface area contributed by atoms with Gasteiger partial charge in [-0.3, -0.25) is 9.59 Å². The maximum atomic E-state index is 11.7. The van der Waals surface area contributed by atoms with Crippen molar-refractivity contribution in [2.75, 3.05) is 0 Å². The van der Waals surface area contributed by atoms with Gasteiger partial charge in [-0.25, -0.2) is 0 Å². The number of carbonyl (C=O) groups is 2. The Labute approximate surface area is 132 Å². The molecule has 22 heavy (non-hydrogen) atoms. The van der Waals surface area contributed by atoms with Gasteiger partial charge in [0.2, 0.25) is 5.24 Å². The average Bonchev–Trinajstić information content (AvgIpc) is 3.27. The number of carboxylic acids is 1. The lowest BCUT2D eigenvalue weighted by molar-refractivity contribution is -0.147. The summed E-state index contributed by atoms with van der Waals surface area (Å²) in [4.78, 5) is 23.3. The first-order chi connectivity index (χ1) is 10.5. The fourth-order valence-corrected chi connectivity index (χ4v) is 4.09. The standard InChI is InChI=1S/C16H9ClO4S/c17-14(18)16(15(19)20)6-5-9-11(7-16)22-10-4-2-1-3-8(10)12-13(9)21-12/h1-5,7H,6H2,(H,19,20). The minimum Gasteiger partial charge on any atom is -0.480 e. The van der Waals surface area contributed by atoms with Crippen LogP contribution in [0.25, 0.3) is 22.2 Å². The molecular formula is C16H9ClO4S. The van der Waals surface area contributed by atoms with Crippen LogP contribution < -0.4 is 9.75 Å². The molecule has 1 aliphatic carbocycles. The van der Waals surface area contributed by atoms with E-state index in [0.29, 0.717) is 4.53 Å². The molecule has 6 heteroatoms. The van der Waals surface area contributed by atoms with Crippen LogP contribution in [0.3, 0.4) is 0 Å². The predicted octanol–water partition coefficient (Wildman–Crippen LogP) is 2.02. The summed E-state index contributed by atoms with van der Waals surface area (Å²) in [7, 11) is 0. The fourth-order valence-electron chi connectivity index (χ4n) is 2.68. The van der Waals surface area contributed by atoms with Crippen molar-refractivity contribution >= 4 is 56.4 Å². The van der Waals surface area contributed by atoms with Gasteiger partial charge < -0.3 is 9.52 Å². The number of halogens is 1. The molecule has 1 N–H and O–H groups in total. The minimum atomic E-state index is -1.71. The summed E-state index contributed by atoms with van der Waals surface area (Å²) in [6, 6.07) is 7.73. The first kappa shape index (κ1) is 13.5. The summed E-state index contributed by atoms with van der Waals surface area (Å²) in [5, 5.41) is 10.4. The second-order valence-electron chi connectivity index (χ2n) is 5.24. The van der Waals surface area contributed by atoms with Gasteiger partial charge in [-0.15, -0.1) is 11.3 Å². The van der Waals surface area contributed by atoms with Crippen molar-refractivity contribution in [3.63, 3.8) is 0 Å². The van der Waals surface area contributed by atoms with Crippen LogP contribution in [0.5, 0.6) is 0 Å². The van der Waals surface area contributed by atoms with Gasteiger partial charge in [0.05, 0.1) is 0 Å². The minimum absolute atomic E-state index is 0.0283. The van der Waals surface area contributed by atoms with Gasteiger partial charge in [0, 0.05) is 19.8 Å². The van der Waals surface area contributed by atoms with Crippen molar-refractivity contribution in [1.29, 1.82) is 0 Å². The molecule has 1 aromatic carbocycles. The van der Waals surface area contributed by atoms with Crippen LogP contribution in [0.2, 0.25) is 0 Å². The van der Waals surface area contributed by atoms with Crippen molar-refractivity contribution in [2.45, 2.75) is 6.42 Å². The molecule has 1 aromatic rings. The van der Waals surface area contributed by atoms with E-state index in [-0.39, 0.29) is 6.42 Å². The number of aliphatic carboxylic acids is 1.